The molecule has 4 heteroatoms. The zero-order valence-corrected chi connectivity index (χ0v) is 15.2. The van der Waals surface area contributed by atoms with Gasteiger partial charge in [0.05, 0.1) is 0 Å². The summed E-state index contributed by atoms with van der Waals surface area (Å²) >= 11 is 0. The molecule has 0 spiro atoms. The standard InChI is InChI=1S/C21H24N2O2/c1-5-15(6-2)20(24)22-17-12-16(9-8-14(17)4)21-23-18-11-13(3)7-10-19(18)25-21/h7-12,15H,5-6H2,1-4H3,(H,22,24). The molecule has 1 heterocycles. The molecule has 0 atom stereocenters. The molecule has 3 aromatic rings. The molecule has 3 rings (SSSR count). The fraction of sp³-hybridized carbons (Fsp3) is 0.333. The first-order chi connectivity index (χ1) is 12.0. The van der Waals surface area contributed by atoms with Crippen LogP contribution in [0.4, 0.5) is 5.69 Å². The largest absolute Gasteiger partial charge is 0.436 e. The molecule has 0 aliphatic carbocycles. The van der Waals surface area contributed by atoms with Crippen molar-refractivity contribution in [2.45, 2.75) is 40.5 Å². The predicted molar refractivity (Wildman–Crippen MR) is 102 cm³/mol. The molecule has 1 amide bonds. The maximum Gasteiger partial charge on any atom is 0.227 e. The normalized spacial score (nSPS) is 11.2. The van der Waals surface area contributed by atoms with E-state index in [4.69, 9.17) is 4.42 Å². The third-order valence-corrected chi connectivity index (χ3v) is 4.64. The number of carbonyl (C=O) groups is 1. The van der Waals surface area contributed by atoms with Gasteiger partial charge in [-0.25, -0.2) is 4.98 Å². The van der Waals surface area contributed by atoms with Crippen LogP contribution in [0.15, 0.2) is 40.8 Å². The quantitative estimate of drug-likeness (QED) is 0.670. The highest BCUT2D eigenvalue weighted by Gasteiger charge is 2.16. The third kappa shape index (κ3) is 3.58. The molecule has 1 N–H and O–H groups in total. The highest BCUT2D eigenvalue weighted by atomic mass is 16.3. The van der Waals surface area contributed by atoms with Gasteiger partial charge in [-0.1, -0.05) is 26.0 Å². The molecule has 0 unspecified atom stereocenters. The third-order valence-electron chi connectivity index (χ3n) is 4.64. The first kappa shape index (κ1) is 17.2. The Hall–Kier alpha value is -2.62. The summed E-state index contributed by atoms with van der Waals surface area (Å²) in [4.78, 5) is 17.0. The van der Waals surface area contributed by atoms with Gasteiger partial charge in [-0.3, -0.25) is 4.79 Å². The van der Waals surface area contributed by atoms with Crippen LogP contribution in [0, 0.1) is 19.8 Å². The lowest BCUT2D eigenvalue weighted by atomic mass is 10.0. The van der Waals surface area contributed by atoms with E-state index in [0.29, 0.717) is 5.89 Å². The number of aromatic nitrogens is 1. The molecule has 25 heavy (non-hydrogen) atoms. The number of fused-ring (bicyclic) bond motifs is 1. The Bertz CT molecular complexity index is 907. The van der Waals surface area contributed by atoms with E-state index < -0.39 is 0 Å². The fourth-order valence-corrected chi connectivity index (χ4v) is 2.94. The average Bonchev–Trinajstić information content (AvgIpc) is 3.01. The number of amides is 1. The van der Waals surface area contributed by atoms with E-state index >= 15 is 0 Å². The van der Waals surface area contributed by atoms with Crippen LogP contribution >= 0.6 is 0 Å². The second-order valence-electron chi connectivity index (χ2n) is 6.52. The number of hydrogen-bond acceptors (Lipinski definition) is 3. The summed E-state index contributed by atoms with van der Waals surface area (Å²) in [5.41, 5.74) is 5.46. The van der Waals surface area contributed by atoms with Gasteiger partial charge in [0.2, 0.25) is 11.8 Å². The van der Waals surface area contributed by atoms with Crippen LogP contribution in [0.1, 0.15) is 37.8 Å². The molecule has 0 saturated heterocycles. The second kappa shape index (κ2) is 7.09. The Balaban J connectivity index is 1.93. The van der Waals surface area contributed by atoms with Gasteiger partial charge in [0, 0.05) is 17.2 Å². The van der Waals surface area contributed by atoms with Crippen LogP contribution in [0.25, 0.3) is 22.6 Å². The summed E-state index contributed by atoms with van der Waals surface area (Å²) < 4.78 is 5.87. The van der Waals surface area contributed by atoms with Crippen molar-refractivity contribution in [3.63, 3.8) is 0 Å². The lowest BCUT2D eigenvalue weighted by molar-refractivity contribution is -0.120. The van der Waals surface area contributed by atoms with E-state index in [1.807, 2.05) is 64.1 Å². The molecule has 0 fully saturated rings. The number of rotatable bonds is 5. The predicted octanol–water partition coefficient (Wildman–Crippen LogP) is 5.49. The topological polar surface area (TPSA) is 55.1 Å². The summed E-state index contributed by atoms with van der Waals surface area (Å²) in [7, 11) is 0. The van der Waals surface area contributed by atoms with Gasteiger partial charge < -0.3 is 9.73 Å². The first-order valence-corrected chi connectivity index (χ1v) is 8.81. The van der Waals surface area contributed by atoms with E-state index in [9.17, 15) is 4.79 Å². The summed E-state index contributed by atoms with van der Waals surface area (Å²) in [6, 6.07) is 11.8. The second-order valence-corrected chi connectivity index (χ2v) is 6.52. The van der Waals surface area contributed by atoms with E-state index in [1.165, 1.54) is 0 Å². The lowest BCUT2D eigenvalue weighted by Crippen LogP contribution is -2.22. The van der Waals surface area contributed by atoms with Crippen molar-refractivity contribution in [3.8, 4) is 11.5 Å². The molecule has 0 aliphatic rings. The monoisotopic (exact) mass is 336 g/mol. The van der Waals surface area contributed by atoms with E-state index in [-0.39, 0.29) is 11.8 Å². The Kier molecular flexibility index (Phi) is 4.88. The van der Waals surface area contributed by atoms with Crippen molar-refractivity contribution >= 4 is 22.7 Å². The van der Waals surface area contributed by atoms with Gasteiger partial charge in [-0.05, 0) is 62.1 Å². The van der Waals surface area contributed by atoms with E-state index in [1.54, 1.807) is 0 Å². The van der Waals surface area contributed by atoms with Gasteiger partial charge >= 0.3 is 0 Å². The minimum Gasteiger partial charge on any atom is -0.436 e. The summed E-state index contributed by atoms with van der Waals surface area (Å²) in [6.07, 6.45) is 1.68. The van der Waals surface area contributed by atoms with Crippen molar-refractivity contribution in [2.24, 2.45) is 5.92 Å². The van der Waals surface area contributed by atoms with Crippen molar-refractivity contribution in [1.29, 1.82) is 0 Å². The number of hydrogen-bond donors (Lipinski definition) is 1. The molecule has 1 aromatic heterocycles. The van der Waals surface area contributed by atoms with E-state index in [2.05, 4.69) is 10.3 Å². The molecule has 0 radical (unpaired) electrons. The summed E-state index contributed by atoms with van der Waals surface area (Å²) in [5, 5.41) is 3.06. The summed E-state index contributed by atoms with van der Waals surface area (Å²) in [6.45, 7) is 8.10. The van der Waals surface area contributed by atoms with Gasteiger partial charge in [0.15, 0.2) is 5.58 Å². The van der Waals surface area contributed by atoms with Gasteiger partial charge in [0.1, 0.15) is 5.52 Å². The number of anilines is 1. The SMILES string of the molecule is CCC(CC)C(=O)Nc1cc(-c2nc3cc(C)ccc3o2)ccc1C. The number of nitrogens with zero attached hydrogens (tertiary/aromatic N) is 1. The highest BCUT2D eigenvalue weighted by Crippen LogP contribution is 2.28. The Morgan fingerprint density at radius 3 is 2.60 bits per heavy atom. The van der Waals surface area contributed by atoms with Gasteiger partial charge in [-0.2, -0.15) is 0 Å². The number of aryl methyl sites for hydroxylation is 2. The van der Waals surface area contributed by atoms with Gasteiger partial charge in [0.25, 0.3) is 0 Å². The zero-order valence-electron chi connectivity index (χ0n) is 15.2. The lowest BCUT2D eigenvalue weighted by Gasteiger charge is -2.14. The number of carbonyl (C=O) groups excluding carboxylic acids is 1. The minimum absolute atomic E-state index is 0.0374. The number of nitrogens with one attached hydrogen (secondary N) is 1. The zero-order chi connectivity index (χ0) is 18.0. The van der Waals surface area contributed by atoms with Crippen molar-refractivity contribution < 1.29 is 9.21 Å². The summed E-state index contributed by atoms with van der Waals surface area (Å²) in [5.74, 6) is 0.674. The van der Waals surface area contributed by atoms with E-state index in [0.717, 1.165) is 46.3 Å². The smallest absolute Gasteiger partial charge is 0.227 e. The van der Waals surface area contributed by atoms with Crippen LogP contribution in [0.3, 0.4) is 0 Å². The Labute approximate surface area is 148 Å². The van der Waals surface area contributed by atoms with Gasteiger partial charge in [-0.15, -0.1) is 0 Å². The molecule has 0 bridgehead atoms. The maximum atomic E-state index is 12.4. The van der Waals surface area contributed by atoms with Crippen molar-refractivity contribution in [2.75, 3.05) is 5.32 Å². The molecule has 0 aliphatic heterocycles. The molecular formula is C21H24N2O2. The average molecular weight is 336 g/mol. The van der Waals surface area contributed by atoms with Crippen LogP contribution < -0.4 is 5.32 Å². The van der Waals surface area contributed by atoms with Crippen LogP contribution in [0.5, 0.6) is 0 Å². The maximum absolute atomic E-state index is 12.4. The van der Waals surface area contributed by atoms with Crippen LogP contribution in [-0.4, -0.2) is 10.9 Å². The Morgan fingerprint density at radius 1 is 1.12 bits per heavy atom. The number of benzene rings is 2. The molecule has 130 valence electrons. The van der Waals surface area contributed by atoms with Crippen molar-refractivity contribution in [3.05, 3.63) is 47.5 Å². The molecular weight excluding hydrogens is 312 g/mol. The minimum atomic E-state index is 0.0374. The molecule has 0 saturated carbocycles. The van der Waals surface area contributed by atoms with Crippen LogP contribution in [0.2, 0.25) is 0 Å². The fourth-order valence-electron chi connectivity index (χ4n) is 2.94. The van der Waals surface area contributed by atoms with Crippen molar-refractivity contribution in [1.82, 2.24) is 4.98 Å². The molecule has 2 aromatic carbocycles. The first-order valence-electron chi connectivity index (χ1n) is 8.81. The molecule has 4 nitrogen and oxygen atoms in total. The van der Waals surface area contributed by atoms with Crippen LogP contribution in [-0.2, 0) is 4.79 Å². The Morgan fingerprint density at radius 2 is 1.88 bits per heavy atom. The highest BCUT2D eigenvalue weighted by molar-refractivity contribution is 5.94. The number of oxazole rings is 1.